The second-order valence-corrected chi connectivity index (χ2v) is 5.05. The van der Waals surface area contributed by atoms with E-state index in [1.807, 2.05) is 11.7 Å². The van der Waals surface area contributed by atoms with Gasteiger partial charge in [0.2, 0.25) is 0 Å². The standard InChI is InChI=1S/C11H19N3S/c1-2-4-10(3-1)14-6-5-12-7-11-8-13-9-15-11/h8-10,12,14H,1-7H2. The molecule has 1 aromatic heterocycles. The first kappa shape index (κ1) is 11.0. The van der Waals surface area contributed by atoms with Gasteiger partial charge in [-0.15, -0.1) is 11.3 Å². The van der Waals surface area contributed by atoms with E-state index in [4.69, 9.17) is 0 Å². The van der Waals surface area contributed by atoms with Crippen molar-refractivity contribution in [3.05, 3.63) is 16.6 Å². The SMILES string of the molecule is c1ncc(CNCCNC2CCCC2)s1. The lowest BCUT2D eigenvalue weighted by Crippen LogP contribution is -2.33. The van der Waals surface area contributed by atoms with Crippen LogP contribution in [0.5, 0.6) is 0 Å². The molecule has 1 saturated carbocycles. The molecule has 0 amide bonds. The first-order valence-corrected chi connectivity index (χ1v) is 6.64. The first-order valence-electron chi connectivity index (χ1n) is 5.76. The van der Waals surface area contributed by atoms with Crippen molar-refractivity contribution in [3.63, 3.8) is 0 Å². The van der Waals surface area contributed by atoms with Gasteiger partial charge in [-0.3, -0.25) is 4.98 Å². The largest absolute Gasteiger partial charge is 0.313 e. The molecule has 0 spiro atoms. The zero-order valence-corrected chi connectivity index (χ0v) is 9.85. The monoisotopic (exact) mass is 225 g/mol. The summed E-state index contributed by atoms with van der Waals surface area (Å²) in [6.07, 6.45) is 7.49. The van der Waals surface area contributed by atoms with Gasteiger partial charge in [0.1, 0.15) is 0 Å². The lowest BCUT2D eigenvalue weighted by molar-refractivity contribution is 0.509. The van der Waals surface area contributed by atoms with Gasteiger partial charge in [0.25, 0.3) is 0 Å². The smallest absolute Gasteiger partial charge is 0.0794 e. The van der Waals surface area contributed by atoms with E-state index in [2.05, 4.69) is 15.6 Å². The predicted molar refractivity (Wildman–Crippen MR) is 64.1 cm³/mol. The molecular weight excluding hydrogens is 206 g/mol. The van der Waals surface area contributed by atoms with Crippen molar-refractivity contribution in [1.82, 2.24) is 15.6 Å². The molecule has 84 valence electrons. The Labute approximate surface area is 95.3 Å². The highest BCUT2D eigenvalue weighted by molar-refractivity contribution is 7.09. The topological polar surface area (TPSA) is 37.0 Å². The van der Waals surface area contributed by atoms with Gasteiger partial charge in [-0.2, -0.15) is 0 Å². The molecular formula is C11H19N3S. The Morgan fingerprint density at radius 2 is 2.20 bits per heavy atom. The van der Waals surface area contributed by atoms with Gasteiger partial charge >= 0.3 is 0 Å². The molecule has 2 rings (SSSR count). The Morgan fingerprint density at radius 3 is 2.93 bits per heavy atom. The Morgan fingerprint density at radius 1 is 1.33 bits per heavy atom. The van der Waals surface area contributed by atoms with Crippen LogP contribution in [-0.2, 0) is 6.54 Å². The highest BCUT2D eigenvalue weighted by Gasteiger charge is 2.12. The second kappa shape index (κ2) is 6.20. The Kier molecular flexibility index (Phi) is 4.57. The van der Waals surface area contributed by atoms with Gasteiger partial charge in [-0.05, 0) is 12.8 Å². The molecule has 1 aliphatic rings. The van der Waals surface area contributed by atoms with Crippen LogP contribution >= 0.6 is 11.3 Å². The molecule has 0 unspecified atom stereocenters. The molecule has 0 atom stereocenters. The van der Waals surface area contributed by atoms with Crippen LogP contribution < -0.4 is 10.6 Å². The first-order chi connectivity index (χ1) is 7.45. The molecule has 1 aromatic rings. The molecule has 1 fully saturated rings. The number of aromatic nitrogens is 1. The molecule has 4 heteroatoms. The number of nitrogens with zero attached hydrogens (tertiary/aromatic N) is 1. The van der Waals surface area contributed by atoms with Crippen molar-refractivity contribution in [3.8, 4) is 0 Å². The van der Waals surface area contributed by atoms with Crippen molar-refractivity contribution >= 4 is 11.3 Å². The maximum absolute atomic E-state index is 4.05. The minimum Gasteiger partial charge on any atom is -0.313 e. The van der Waals surface area contributed by atoms with Gasteiger partial charge < -0.3 is 10.6 Å². The minimum absolute atomic E-state index is 0.787. The summed E-state index contributed by atoms with van der Waals surface area (Å²) in [5, 5.41) is 7.01. The summed E-state index contributed by atoms with van der Waals surface area (Å²) < 4.78 is 0. The molecule has 0 aromatic carbocycles. The maximum Gasteiger partial charge on any atom is 0.0794 e. The molecule has 1 aliphatic carbocycles. The number of hydrogen-bond donors (Lipinski definition) is 2. The van der Waals surface area contributed by atoms with Gasteiger partial charge in [0.15, 0.2) is 0 Å². The van der Waals surface area contributed by atoms with E-state index in [1.165, 1.54) is 30.6 Å². The highest BCUT2D eigenvalue weighted by atomic mass is 32.1. The van der Waals surface area contributed by atoms with E-state index in [0.29, 0.717) is 0 Å². The molecule has 15 heavy (non-hydrogen) atoms. The zero-order chi connectivity index (χ0) is 10.3. The van der Waals surface area contributed by atoms with Crippen LogP contribution in [0.2, 0.25) is 0 Å². The third-order valence-corrected chi connectivity index (χ3v) is 3.65. The fourth-order valence-electron chi connectivity index (χ4n) is 2.04. The number of rotatable bonds is 6. The van der Waals surface area contributed by atoms with Crippen LogP contribution in [-0.4, -0.2) is 24.1 Å². The zero-order valence-electron chi connectivity index (χ0n) is 9.04. The maximum atomic E-state index is 4.05. The summed E-state index contributed by atoms with van der Waals surface area (Å²) in [6, 6.07) is 0.787. The lowest BCUT2D eigenvalue weighted by Gasteiger charge is -2.11. The fraction of sp³-hybridized carbons (Fsp3) is 0.727. The summed E-state index contributed by atoms with van der Waals surface area (Å²) in [5.41, 5.74) is 1.88. The molecule has 1 heterocycles. The van der Waals surface area contributed by atoms with Crippen LogP contribution in [0.15, 0.2) is 11.7 Å². The molecule has 0 radical (unpaired) electrons. The van der Waals surface area contributed by atoms with Crippen molar-refractivity contribution in [2.24, 2.45) is 0 Å². The Balaban J connectivity index is 1.48. The number of nitrogens with one attached hydrogen (secondary N) is 2. The van der Waals surface area contributed by atoms with E-state index in [9.17, 15) is 0 Å². The van der Waals surface area contributed by atoms with Crippen LogP contribution in [0.25, 0.3) is 0 Å². The van der Waals surface area contributed by atoms with Crippen LogP contribution in [0.4, 0.5) is 0 Å². The van der Waals surface area contributed by atoms with Crippen LogP contribution in [0, 0.1) is 0 Å². The van der Waals surface area contributed by atoms with Gasteiger partial charge in [0.05, 0.1) is 5.51 Å². The van der Waals surface area contributed by atoms with Crippen molar-refractivity contribution < 1.29 is 0 Å². The van der Waals surface area contributed by atoms with E-state index < -0.39 is 0 Å². The summed E-state index contributed by atoms with van der Waals surface area (Å²) >= 11 is 1.71. The molecule has 3 nitrogen and oxygen atoms in total. The quantitative estimate of drug-likeness (QED) is 0.724. The Hall–Kier alpha value is -0.450. The highest BCUT2D eigenvalue weighted by Crippen LogP contribution is 2.17. The third-order valence-electron chi connectivity index (χ3n) is 2.87. The van der Waals surface area contributed by atoms with Crippen molar-refractivity contribution in [1.29, 1.82) is 0 Å². The number of thiazole rings is 1. The number of hydrogen-bond acceptors (Lipinski definition) is 4. The average Bonchev–Trinajstić information content (AvgIpc) is 2.88. The molecule has 0 bridgehead atoms. The lowest BCUT2D eigenvalue weighted by atomic mass is 10.2. The summed E-state index contributed by atoms with van der Waals surface area (Å²) in [5.74, 6) is 0. The summed E-state index contributed by atoms with van der Waals surface area (Å²) in [6.45, 7) is 3.09. The summed E-state index contributed by atoms with van der Waals surface area (Å²) in [4.78, 5) is 5.36. The minimum atomic E-state index is 0.787. The van der Waals surface area contributed by atoms with Crippen LogP contribution in [0.3, 0.4) is 0 Å². The third kappa shape index (κ3) is 3.89. The van der Waals surface area contributed by atoms with Crippen LogP contribution in [0.1, 0.15) is 30.6 Å². The van der Waals surface area contributed by atoms with E-state index in [0.717, 1.165) is 25.7 Å². The van der Waals surface area contributed by atoms with E-state index >= 15 is 0 Å². The molecule has 0 aliphatic heterocycles. The normalized spacial score (nSPS) is 17.3. The van der Waals surface area contributed by atoms with E-state index in [-0.39, 0.29) is 0 Å². The van der Waals surface area contributed by atoms with Gasteiger partial charge in [0, 0.05) is 36.8 Å². The van der Waals surface area contributed by atoms with Crippen molar-refractivity contribution in [2.75, 3.05) is 13.1 Å². The van der Waals surface area contributed by atoms with E-state index in [1.54, 1.807) is 11.3 Å². The second-order valence-electron chi connectivity index (χ2n) is 4.08. The average molecular weight is 225 g/mol. The predicted octanol–water partition coefficient (Wildman–Crippen LogP) is 1.76. The van der Waals surface area contributed by atoms with Gasteiger partial charge in [-0.25, -0.2) is 0 Å². The molecule has 0 saturated heterocycles. The summed E-state index contributed by atoms with van der Waals surface area (Å²) in [7, 11) is 0. The molecule has 2 N–H and O–H groups in total. The fourth-order valence-corrected chi connectivity index (χ4v) is 2.60. The van der Waals surface area contributed by atoms with Crippen molar-refractivity contribution in [2.45, 2.75) is 38.3 Å². The van der Waals surface area contributed by atoms with Gasteiger partial charge in [-0.1, -0.05) is 12.8 Å². The Bertz CT molecular complexity index is 255.